The quantitative estimate of drug-likeness (QED) is 0.903. The van der Waals surface area contributed by atoms with E-state index >= 15 is 0 Å². The van der Waals surface area contributed by atoms with E-state index in [1.807, 2.05) is 18.3 Å². The van der Waals surface area contributed by atoms with Crippen molar-refractivity contribution < 1.29 is 4.74 Å². The van der Waals surface area contributed by atoms with Gasteiger partial charge in [-0.25, -0.2) is 0 Å². The molecule has 0 aliphatic rings. The molecule has 0 bridgehead atoms. The van der Waals surface area contributed by atoms with Gasteiger partial charge in [-0.1, -0.05) is 6.07 Å². The highest BCUT2D eigenvalue weighted by atomic mass is 16.5. The van der Waals surface area contributed by atoms with E-state index in [1.165, 1.54) is 11.1 Å². The van der Waals surface area contributed by atoms with E-state index in [9.17, 15) is 0 Å². The zero-order chi connectivity index (χ0) is 13.8. The summed E-state index contributed by atoms with van der Waals surface area (Å²) in [7, 11) is 1.70. The van der Waals surface area contributed by atoms with Crippen molar-refractivity contribution in [3.05, 3.63) is 41.6 Å². The molecule has 1 aromatic heterocycles. The minimum absolute atomic E-state index is 0.874. The first-order valence-electron chi connectivity index (χ1n) is 6.51. The molecule has 2 aromatic rings. The molecule has 0 fully saturated rings. The molecule has 0 saturated heterocycles. The Balaban J connectivity index is 2.54. The lowest BCUT2D eigenvalue weighted by Crippen LogP contribution is -1.99. The second kappa shape index (κ2) is 5.74. The molecule has 0 saturated carbocycles. The number of pyridine rings is 1. The molecule has 0 unspecified atom stereocenters. The highest BCUT2D eigenvalue weighted by molar-refractivity contribution is 5.73. The van der Waals surface area contributed by atoms with Gasteiger partial charge in [-0.05, 0) is 50.1 Å². The topological polar surface area (TPSA) is 34.2 Å². The number of hydrogen-bond acceptors (Lipinski definition) is 3. The molecule has 100 valence electrons. The van der Waals surface area contributed by atoms with Crippen LogP contribution in [0.5, 0.6) is 5.75 Å². The van der Waals surface area contributed by atoms with Crippen LogP contribution in [0.2, 0.25) is 0 Å². The van der Waals surface area contributed by atoms with Crippen molar-refractivity contribution in [3.63, 3.8) is 0 Å². The number of anilines is 1. The summed E-state index contributed by atoms with van der Waals surface area (Å²) in [4.78, 5) is 4.47. The second-order valence-electron chi connectivity index (χ2n) is 4.62. The molecule has 3 heteroatoms. The first-order chi connectivity index (χ1) is 9.15. The van der Waals surface area contributed by atoms with Gasteiger partial charge in [0.25, 0.3) is 0 Å². The summed E-state index contributed by atoms with van der Waals surface area (Å²) in [6.07, 6.45) is 1.83. The lowest BCUT2D eigenvalue weighted by atomic mass is 10.0. The first kappa shape index (κ1) is 13.4. The van der Waals surface area contributed by atoms with Crippen molar-refractivity contribution in [1.29, 1.82) is 0 Å². The summed E-state index contributed by atoms with van der Waals surface area (Å²) in [6, 6.07) is 8.23. The van der Waals surface area contributed by atoms with Crippen LogP contribution in [-0.4, -0.2) is 18.6 Å². The number of aromatic nitrogens is 1. The molecule has 0 amide bonds. The van der Waals surface area contributed by atoms with Crippen LogP contribution in [0.25, 0.3) is 11.3 Å². The monoisotopic (exact) mass is 256 g/mol. The molecule has 19 heavy (non-hydrogen) atoms. The Kier molecular flexibility index (Phi) is 4.05. The Labute approximate surface area is 114 Å². The first-order valence-corrected chi connectivity index (χ1v) is 6.51. The van der Waals surface area contributed by atoms with Crippen LogP contribution in [0.15, 0.2) is 30.5 Å². The van der Waals surface area contributed by atoms with Gasteiger partial charge in [-0.3, -0.25) is 4.98 Å². The molecule has 1 N–H and O–H groups in total. The molecule has 0 atom stereocenters. The van der Waals surface area contributed by atoms with E-state index in [-0.39, 0.29) is 0 Å². The average molecular weight is 256 g/mol. The van der Waals surface area contributed by atoms with Crippen molar-refractivity contribution in [2.75, 3.05) is 19.0 Å². The third-order valence-electron chi connectivity index (χ3n) is 3.06. The van der Waals surface area contributed by atoms with Crippen molar-refractivity contribution in [1.82, 2.24) is 4.98 Å². The van der Waals surface area contributed by atoms with Gasteiger partial charge in [0.15, 0.2) is 0 Å². The highest BCUT2D eigenvalue weighted by Gasteiger charge is 2.11. The summed E-state index contributed by atoms with van der Waals surface area (Å²) < 4.78 is 5.50. The van der Waals surface area contributed by atoms with Crippen LogP contribution in [0.4, 0.5) is 5.69 Å². The second-order valence-corrected chi connectivity index (χ2v) is 4.62. The molecule has 1 heterocycles. The summed E-state index contributed by atoms with van der Waals surface area (Å²) in [5.74, 6) is 0.874. The zero-order valence-corrected chi connectivity index (χ0v) is 11.9. The molecule has 0 radical (unpaired) electrons. The maximum absolute atomic E-state index is 5.50. The van der Waals surface area contributed by atoms with Gasteiger partial charge < -0.3 is 10.1 Å². The van der Waals surface area contributed by atoms with Crippen LogP contribution in [0.1, 0.15) is 18.1 Å². The van der Waals surface area contributed by atoms with E-state index in [0.29, 0.717) is 0 Å². The minimum atomic E-state index is 0.874. The van der Waals surface area contributed by atoms with Crippen molar-refractivity contribution in [2.45, 2.75) is 20.8 Å². The standard InChI is InChI=1S/C16H20N2O/c1-5-17-13-6-7-18-14(10-13)16-12(3)8-11(2)9-15(16)19-4/h6-10H,5H2,1-4H3,(H,17,18). The maximum atomic E-state index is 5.50. The van der Waals surface area contributed by atoms with Crippen LogP contribution in [0.3, 0.4) is 0 Å². The number of hydrogen-bond donors (Lipinski definition) is 1. The average Bonchev–Trinajstić information content (AvgIpc) is 2.38. The lowest BCUT2D eigenvalue weighted by molar-refractivity contribution is 0.415. The van der Waals surface area contributed by atoms with Crippen molar-refractivity contribution >= 4 is 5.69 Å². The molecule has 0 aliphatic heterocycles. The van der Waals surface area contributed by atoms with Crippen LogP contribution >= 0.6 is 0 Å². The van der Waals surface area contributed by atoms with E-state index in [2.05, 4.69) is 43.2 Å². The minimum Gasteiger partial charge on any atom is -0.496 e. The fourth-order valence-corrected chi connectivity index (χ4v) is 2.30. The molecular formula is C16H20N2O. The highest BCUT2D eigenvalue weighted by Crippen LogP contribution is 2.33. The predicted molar refractivity (Wildman–Crippen MR) is 79.9 cm³/mol. The Morgan fingerprint density at radius 2 is 2.00 bits per heavy atom. The molecule has 0 spiro atoms. The third-order valence-corrected chi connectivity index (χ3v) is 3.06. The van der Waals surface area contributed by atoms with Gasteiger partial charge in [0, 0.05) is 24.0 Å². The largest absolute Gasteiger partial charge is 0.496 e. The maximum Gasteiger partial charge on any atom is 0.128 e. The van der Waals surface area contributed by atoms with Crippen LogP contribution in [-0.2, 0) is 0 Å². The Morgan fingerprint density at radius 1 is 1.21 bits per heavy atom. The van der Waals surface area contributed by atoms with Gasteiger partial charge in [0.2, 0.25) is 0 Å². The SMILES string of the molecule is CCNc1ccnc(-c2c(C)cc(C)cc2OC)c1. The molecule has 3 nitrogen and oxygen atoms in total. The summed E-state index contributed by atoms with van der Waals surface area (Å²) in [5, 5.41) is 3.31. The fraction of sp³-hybridized carbons (Fsp3) is 0.312. The Hall–Kier alpha value is -2.03. The lowest BCUT2D eigenvalue weighted by Gasteiger charge is -2.13. The third kappa shape index (κ3) is 2.87. The number of ether oxygens (including phenoxy) is 1. The number of nitrogens with zero attached hydrogens (tertiary/aromatic N) is 1. The summed E-state index contributed by atoms with van der Waals surface area (Å²) in [5.41, 5.74) is 5.45. The van der Waals surface area contributed by atoms with Gasteiger partial charge in [-0.2, -0.15) is 0 Å². The van der Waals surface area contributed by atoms with Gasteiger partial charge in [0.05, 0.1) is 12.8 Å². The predicted octanol–water partition coefficient (Wildman–Crippen LogP) is 3.81. The smallest absolute Gasteiger partial charge is 0.128 e. The normalized spacial score (nSPS) is 10.3. The van der Waals surface area contributed by atoms with E-state index in [0.717, 1.165) is 29.2 Å². The van der Waals surface area contributed by atoms with Crippen LogP contribution in [0, 0.1) is 13.8 Å². The van der Waals surface area contributed by atoms with E-state index in [1.54, 1.807) is 7.11 Å². The van der Waals surface area contributed by atoms with Gasteiger partial charge >= 0.3 is 0 Å². The number of methoxy groups -OCH3 is 1. The fourth-order valence-electron chi connectivity index (χ4n) is 2.30. The Morgan fingerprint density at radius 3 is 2.68 bits per heavy atom. The molecule has 1 aromatic carbocycles. The summed E-state index contributed by atoms with van der Waals surface area (Å²) in [6.45, 7) is 7.14. The molecule has 2 rings (SSSR count). The molecular weight excluding hydrogens is 236 g/mol. The van der Waals surface area contributed by atoms with Crippen molar-refractivity contribution in [3.8, 4) is 17.0 Å². The number of nitrogens with one attached hydrogen (secondary N) is 1. The Bertz CT molecular complexity index is 579. The number of benzene rings is 1. The zero-order valence-electron chi connectivity index (χ0n) is 11.9. The number of aryl methyl sites for hydroxylation is 2. The van der Waals surface area contributed by atoms with Gasteiger partial charge in [-0.15, -0.1) is 0 Å². The van der Waals surface area contributed by atoms with E-state index < -0.39 is 0 Å². The van der Waals surface area contributed by atoms with Gasteiger partial charge in [0.1, 0.15) is 5.75 Å². The van der Waals surface area contributed by atoms with E-state index in [4.69, 9.17) is 4.74 Å². The molecule has 0 aliphatic carbocycles. The van der Waals surface area contributed by atoms with Crippen LogP contribution < -0.4 is 10.1 Å². The van der Waals surface area contributed by atoms with Crippen molar-refractivity contribution in [2.24, 2.45) is 0 Å². The number of rotatable bonds is 4. The summed E-state index contributed by atoms with van der Waals surface area (Å²) >= 11 is 0.